The van der Waals surface area contributed by atoms with E-state index in [-0.39, 0.29) is 12.1 Å². The summed E-state index contributed by atoms with van der Waals surface area (Å²) in [5.41, 5.74) is -0.381. The fraction of sp³-hybridized carbons (Fsp3) is 0.250. The Kier molecular flexibility index (Phi) is 2.88. The van der Waals surface area contributed by atoms with Gasteiger partial charge in [-0.2, -0.15) is 0 Å². The van der Waals surface area contributed by atoms with Crippen LogP contribution in [-0.4, -0.2) is 19.7 Å². The van der Waals surface area contributed by atoms with Gasteiger partial charge in [0, 0.05) is 11.8 Å². The maximum Gasteiger partial charge on any atom is 0.328 e. The van der Waals surface area contributed by atoms with Crippen molar-refractivity contribution in [2.24, 2.45) is 0 Å². The lowest BCUT2D eigenvalue weighted by molar-refractivity contribution is 0.703. The third-order valence-corrected chi connectivity index (χ3v) is 2.94. The molecule has 2 aromatic heterocycles. The summed E-state index contributed by atoms with van der Waals surface area (Å²) in [7, 11) is 0. The van der Waals surface area contributed by atoms with Crippen molar-refractivity contribution in [3.63, 3.8) is 0 Å². The van der Waals surface area contributed by atoms with Crippen molar-refractivity contribution in [2.75, 3.05) is 0 Å². The standard InChI is InChI=1S/C8H7ClN4O2S/c1-4-2-13(8(15)10-6(4)14)3-5-11-12-7(9)16-5/h2H,3H2,1H3,(H,10,14,15). The average Bonchev–Trinajstić information content (AvgIpc) is 2.60. The number of H-pyrrole nitrogens is 1. The van der Waals surface area contributed by atoms with Crippen molar-refractivity contribution < 1.29 is 0 Å². The maximum absolute atomic E-state index is 11.4. The quantitative estimate of drug-likeness (QED) is 0.845. The van der Waals surface area contributed by atoms with Crippen LogP contribution < -0.4 is 11.2 Å². The molecule has 2 aromatic rings. The van der Waals surface area contributed by atoms with Gasteiger partial charge in [-0.3, -0.25) is 14.3 Å². The Bertz CT molecular complexity index is 629. The largest absolute Gasteiger partial charge is 0.328 e. The van der Waals surface area contributed by atoms with Gasteiger partial charge in [-0.1, -0.05) is 11.3 Å². The molecule has 0 radical (unpaired) electrons. The molecular weight excluding hydrogens is 252 g/mol. The third-order valence-electron chi connectivity index (χ3n) is 1.94. The number of aromatic amines is 1. The van der Waals surface area contributed by atoms with Gasteiger partial charge in [0.25, 0.3) is 5.56 Å². The predicted molar refractivity (Wildman–Crippen MR) is 60.1 cm³/mol. The number of hydrogen-bond donors (Lipinski definition) is 1. The van der Waals surface area contributed by atoms with Crippen molar-refractivity contribution in [3.05, 3.63) is 42.1 Å². The zero-order chi connectivity index (χ0) is 11.7. The first-order valence-electron chi connectivity index (χ1n) is 4.34. The molecule has 1 N–H and O–H groups in total. The second-order valence-corrected chi connectivity index (χ2v) is 4.79. The van der Waals surface area contributed by atoms with Crippen LogP contribution in [0.1, 0.15) is 10.6 Å². The molecule has 0 aliphatic heterocycles. The Balaban J connectivity index is 2.39. The minimum Gasteiger partial charge on any atom is -0.293 e. The fourth-order valence-electron chi connectivity index (χ4n) is 1.18. The number of rotatable bonds is 2. The highest BCUT2D eigenvalue weighted by atomic mass is 35.5. The van der Waals surface area contributed by atoms with Crippen LogP contribution in [0.4, 0.5) is 0 Å². The van der Waals surface area contributed by atoms with Crippen molar-refractivity contribution in [2.45, 2.75) is 13.5 Å². The summed E-state index contributed by atoms with van der Waals surface area (Å²) < 4.78 is 1.68. The molecule has 0 aliphatic rings. The van der Waals surface area contributed by atoms with Crippen LogP contribution in [0.15, 0.2) is 15.8 Å². The van der Waals surface area contributed by atoms with Gasteiger partial charge in [-0.15, -0.1) is 10.2 Å². The van der Waals surface area contributed by atoms with Gasteiger partial charge >= 0.3 is 5.69 Å². The van der Waals surface area contributed by atoms with E-state index < -0.39 is 5.69 Å². The Labute approximate surface area is 98.5 Å². The van der Waals surface area contributed by atoms with Gasteiger partial charge < -0.3 is 0 Å². The van der Waals surface area contributed by atoms with Crippen molar-refractivity contribution in [1.29, 1.82) is 0 Å². The molecule has 0 spiro atoms. The molecule has 0 aliphatic carbocycles. The minimum atomic E-state index is -0.470. The fourth-order valence-corrected chi connectivity index (χ4v) is 2.05. The molecule has 8 heteroatoms. The number of hydrogen-bond acceptors (Lipinski definition) is 5. The van der Waals surface area contributed by atoms with Crippen LogP contribution in [0.2, 0.25) is 4.47 Å². The summed E-state index contributed by atoms with van der Waals surface area (Å²) in [4.78, 5) is 24.8. The topological polar surface area (TPSA) is 80.6 Å². The van der Waals surface area contributed by atoms with Gasteiger partial charge in [-0.05, 0) is 18.5 Å². The molecule has 0 unspecified atom stereocenters. The van der Waals surface area contributed by atoms with Crippen LogP contribution >= 0.6 is 22.9 Å². The van der Waals surface area contributed by atoms with Gasteiger partial charge in [0.05, 0.1) is 6.54 Å². The molecule has 16 heavy (non-hydrogen) atoms. The smallest absolute Gasteiger partial charge is 0.293 e. The lowest BCUT2D eigenvalue weighted by Crippen LogP contribution is -2.31. The summed E-state index contributed by atoms with van der Waals surface area (Å²) >= 11 is 6.82. The van der Waals surface area contributed by atoms with E-state index in [1.54, 1.807) is 6.92 Å². The number of aryl methyl sites for hydroxylation is 1. The average molecular weight is 259 g/mol. The Hall–Kier alpha value is -1.47. The number of halogens is 1. The van der Waals surface area contributed by atoms with Crippen LogP contribution in [0, 0.1) is 6.92 Å². The molecule has 6 nitrogen and oxygen atoms in total. The molecule has 0 amide bonds. The van der Waals surface area contributed by atoms with Crippen molar-refractivity contribution in [1.82, 2.24) is 19.7 Å². The Morgan fingerprint density at radius 2 is 2.25 bits per heavy atom. The first kappa shape index (κ1) is 11.0. The lowest BCUT2D eigenvalue weighted by atomic mass is 10.4. The first-order valence-corrected chi connectivity index (χ1v) is 5.54. The monoisotopic (exact) mass is 258 g/mol. The Morgan fingerprint density at radius 3 is 2.88 bits per heavy atom. The Morgan fingerprint density at radius 1 is 1.50 bits per heavy atom. The van der Waals surface area contributed by atoms with E-state index in [0.717, 1.165) is 0 Å². The second kappa shape index (κ2) is 4.18. The van der Waals surface area contributed by atoms with Crippen molar-refractivity contribution in [3.8, 4) is 0 Å². The first-order chi connectivity index (χ1) is 7.56. The minimum absolute atomic E-state index is 0.251. The highest BCUT2D eigenvalue weighted by Gasteiger charge is 2.05. The van der Waals surface area contributed by atoms with Crippen LogP contribution in [0.3, 0.4) is 0 Å². The zero-order valence-electron chi connectivity index (χ0n) is 8.23. The number of nitrogens with one attached hydrogen (secondary N) is 1. The summed E-state index contributed by atoms with van der Waals surface area (Å²) in [6, 6.07) is 0. The second-order valence-electron chi connectivity index (χ2n) is 3.15. The number of nitrogens with zero attached hydrogens (tertiary/aromatic N) is 3. The van der Waals surface area contributed by atoms with E-state index in [0.29, 0.717) is 15.0 Å². The summed E-state index contributed by atoms with van der Waals surface area (Å²) in [5.74, 6) is 0. The molecule has 2 rings (SSSR count). The normalized spacial score (nSPS) is 10.6. The molecular formula is C8H7ClN4O2S. The molecule has 0 saturated heterocycles. The van der Waals surface area contributed by atoms with Crippen molar-refractivity contribution >= 4 is 22.9 Å². The molecule has 84 valence electrons. The zero-order valence-corrected chi connectivity index (χ0v) is 9.80. The summed E-state index contributed by atoms with van der Waals surface area (Å²) in [5, 5.41) is 8.03. The highest BCUT2D eigenvalue weighted by Crippen LogP contribution is 2.14. The van der Waals surface area contributed by atoms with Crippen LogP contribution in [0.5, 0.6) is 0 Å². The van der Waals surface area contributed by atoms with Crippen LogP contribution in [0.25, 0.3) is 0 Å². The van der Waals surface area contributed by atoms with E-state index in [9.17, 15) is 9.59 Å². The summed E-state index contributed by atoms with van der Waals surface area (Å²) in [6.45, 7) is 1.88. The highest BCUT2D eigenvalue weighted by molar-refractivity contribution is 7.15. The van der Waals surface area contributed by atoms with Gasteiger partial charge in [0.2, 0.25) is 4.47 Å². The maximum atomic E-state index is 11.4. The van der Waals surface area contributed by atoms with E-state index in [2.05, 4.69) is 15.2 Å². The molecule has 0 fully saturated rings. The van der Waals surface area contributed by atoms with Gasteiger partial charge in [0.1, 0.15) is 5.01 Å². The molecule has 0 aromatic carbocycles. The van der Waals surface area contributed by atoms with E-state index in [1.807, 2.05) is 0 Å². The number of aromatic nitrogens is 4. The van der Waals surface area contributed by atoms with Gasteiger partial charge in [0.15, 0.2) is 0 Å². The predicted octanol–water partition coefficient (Wildman–Crippen LogP) is 0.398. The molecule has 0 atom stereocenters. The third kappa shape index (κ3) is 2.20. The SMILES string of the molecule is Cc1cn(Cc2nnc(Cl)s2)c(=O)[nH]c1=O. The van der Waals surface area contributed by atoms with Gasteiger partial charge in [-0.25, -0.2) is 4.79 Å². The molecule has 0 saturated carbocycles. The molecule has 0 bridgehead atoms. The van der Waals surface area contributed by atoms with E-state index in [4.69, 9.17) is 11.6 Å². The molecule has 2 heterocycles. The lowest BCUT2D eigenvalue weighted by Gasteiger charge is -2.01. The van der Waals surface area contributed by atoms with E-state index in [1.165, 1.54) is 22.1 Å². The van der Waals surface area contributed by atoms with E-state index >= 15 is 0 Å². The summed E-state index contributed by atoms with van der Waals surface area (Å²) in [6.07, 6.45) is 1.48. The van der Waals surface area contributed by atoms with Crippen LogP contribution in [-0.2, 0) is 6.54 Å².